The van der Waals surface area contributed by atoms with Gasteiger partial charge < -0.3 is 25.0 Å². The second kappa shape index (κ2) is 9.61. The van der Waals surface area contributed by atoms with Gasteiger partial charge in [-0.3, -0.25) is 4.79 Å². The molecule has 1 amide bonds. The molecule has 4 aromatic rings. The van der Waals surface area contributed by atoms with E-state index in [1.165, 1.54) is 0 Å². The zero-order valence-corrected chi connectivity index (χ0v) is 22.1. The fourth-order valence-electron chi connectivity index (χ4n) is 5.76. The molecule has 0 aliphatic heterocycles. The van der Waals surface area contributed by atoms with Crippen molar-refractivity contribution in [3.8, 4) is 28.4 Å². The smallest absolute Gasteiger partial charge is 0.255 e. The fourth-order valence-corrected chi connectivity index (χ4v) is 5.76. The quantitative estimate of drug-likeness (QED) is 0.299. The summed E-state index contributed by atoms with van der Waals surface area (Å²) in [5.74, 6) is 1.57. The summed E-state index contributed by atoms with van der Waals surface area (Å²) < 4.78 is 13.4. The van der Waals surface area contributed by atoms with E-state index in [0.29, 0.717) is 16.8 Å². The molecule has 2 aromatic heterocycles. The summed E-state index contributed by atoms with van der Waals surface area (Å²) in [6, 6.07) is 19.0. The van der Waals surface area contributed by atoms with Gasteiger partial charge in [-0.05, 0) is 92.5 Å². The molecule has 2 aliphatic carbocycles. The highest BCUT2D eigenvalue weighted by atomic mass is 16.5. The molecule has 2 heterocycles. The second-order valence-electron chi connectivity index (χ2n) is 11.7. The van der Waals surface area contributed by atoms with E-state index in [9.17, 15) is 15.0 Å². The number of aromatic hydroxyl groups is 1. The van der Waals surface area contributed by atoms with Crippen LogP contribution in [0.15, 0.2) is 73.1 Å². The number of hydrogen-bond donors (Lipinski definition) is 3. The number of phenolic OH excluding ortho intramolecular Hbond substituents is 1. The first-order valence-electron chi connectivity index (χ1n) is 13.3. The number of carbonyl (C=O) groups excluding carboxylic acids is 1. The van der Waals surface area contributed by atoms with Crippen LogP contribution in [-0.2, 0) is 0 Å². The van der Waals surface area contributed by atoms with Crippen LogP contribution in [0.25, 0.3) is 16.6 Å². The van der Waals surface area contributed by atoms with Gasteiger partial charge in [-0.15, -0.1) is 0 Å². The minimum Gasteiger partial charge on any atom is -0.508 e. The van der Waals surface area contributed by atoms with E-state index >= 15 is 0 Å². The van der Waals surface area contributed by atoms with Crippen molar-refractivity contribution in [2.24, 2.45) is 5.41 Å². The van der Waals surface area contributed by atoms with Gasteiger partial charge in [0.2, 0.25) is 0 Å². The molecule has 2 aliphatic rings. The number of amides is 1. The van der Waals surface area contributed by atoms with Gasteiger partial charge in [0.15, 0.2) is 0 Å². The fraction of sp³-hybridized carbons (Fsp3) is 0.355. The van der Waals surface area contributed by atoms with Gasteiger partial charge in [-0.1, -0.05) is 24.3 Å². The molecule has 2 aromatic carbocycles. The Bertz CT molecular complexity index is 1490. The number of aromatic nitrogens is 2. The van der Waals surface area contributed by atoms with Crippen LogP contribution >= 0.6 is 0 Å². The lowest BCUT2D eigenvalue weighted by molar-refractivity contribution is -0.0833. The molecule has 0 bridgehead atoms. The molecule has 0 unspecified atom stereocenters. The van der Waals surface area contributed by atoms with Gasteiger partial charge in [0.25, 0.3) is 5.91 Å². The second-order valence-corrected chi connectivity index (χ2v) is 11.7. The summed E-state index contributed by atoms with van der Waals surface area (Å²) >= 11 is 0. The molecular formula is C31H33N3O5. The van der Waals surface area contributed by atoms with Crippen molar-refractivity contribution in [3.05, 3.63) is 78.6 Å². The largest absolute Gasteiger partial charge is 0.508 e. The van der Waals surface area contributed by atoms with Crippen molar-refractivity contribution in [2.75, 3.05) is 6.61 Å². The number of aliphatic hydroxyl groups is 1. The number of hydrogen-bond acceptors (Lipinski definition) is 6. The highest BCUT2D eigenvalue weighted by molar-refractivity contribution is 6.00. The third kappa shape index (κ3) is 5.43. The Morgan fingerprint density at radius 2 is 1.79 bits per heavy atom. The standard InChI is InChI=1S/C31H33N3O5/c1-30(2,37)19-38-25-10-11-28-27(17-32-34(28)18-25)29(36)33-22-13-31(14-22)15-26(16-31)39-24-8-6-20(7-9-24)21-4-3-5-23(35)12-21/h3-12,17-18,22,26,35,37H,13-16,19H2,1-2H3,(H,33,36). The summed E-state index contributed by atoms with van der Waals surface area (Å²) in [6.07, 6.45) is 7.41. The summed E-state index contributed by atoms with van der Waals surface area (Å²) in [5, 5.41) is 27.0. The highest BCUT2D eigenvalue weighted by Gasteiger charge is 2.54. The van der Waals surface area contributed by atoms with E-state index in [4.69, 9.17) is 9.47 Å². The first kappa shape index (κ1) is 25.2. The third-order valence-corrected chi connectivity index (χ3v) is 7.68. The van der Waals surface area contributed by atoms with E-state index in [1.807, 2.05) is 42.5 Å². The van der Waals surface area contributed by atoms with E-state index in [1.54, 1.807) is 49.0 Å². The van der Waals surface area contributed by atoms with Crippen LogP contribution in [-0.4, -0.2) is 50.1 Å². The molecular weight excluding hydrogens is 494 g/mol. The Morgan fingerprint density at radius 3 is 2.51 bits per heavy atom. The van der Waals surface area contributed by atoms with E-state index < -0.39 is 5.60 Å². The number of phenols is 1. The molecule has 0 radical (unpaired) electrons. The number of benzene rings is 2. The summed E-state index contributed by atoms with van der Waals surface area (Å²) in [5.41, 5.74) is 2.58. The van der Waals surface area contributed by atoms with Gasteiger partial charge >= 0.3 is 0 Å². The zero-order chi connectivity index (χ0) is 27.2. The number of pyridine rings is 1. The van der Waals surface area contributed by atoms with Gasteiger partial charge in [-0.25, -0.2) is 4.52 Å². The SMILES string of the molecule is CC(C)(O)COc1ccc2c(C(=O)NC3CC4(C3)CC(Oc3ccc(-c5cccc(O)c5)cc3)C4)cnn2c1. The van der Waals surface area contributed by atoms with Crippen LogP contribution in [0, 0.1) is 5.41 Å². The maximum Gasteiger partial charge on any atom is 0.255 e. The van der Waals surface area contributed by atoms with E-state index in [0.717, 1.165) is 42.6 Å². The zero-order valence-electron chi connectivity index (χ0n) is 22.1. The van der Waals surface area contributed by atoms with Gasteiger partial charge in [-0.2, -0.15) is 5.10 Å². The monoisotopic (exact) mass is 527 g/mol. The van der Waals surface area contributed by atoms with Crippen molar-refractivity contribution >= 4 is 11.4 Å². The molecule has 1 spiro atoms. The molecule has 6 rings (SSSR count). The summed E-state index contributed by atoms with van der Waals surface area (Å²) in [7, 11) is 0. The summed E-state index contributed by atoms with van der Waals surface area (Å²) in [4.78, 5) is 13.0. The van der Waals surface area contributed by atoms with Crippen molar-refractivity contribution in [1.82, 2.24) is 14.9 Å². The molecule has 8 nitrogen and oxygen atoms in total. The van der Waals surface area contributed by atoms with Crippen LogP contribution in [0.2, 0.25) is 0 Å². The predicted molar refractivity (Wildman–Crippen MR) is 147 cm³/mol. The Labute approximate surface area is 227 Å². The highest BCUT2D eigenvalue weighted by Crippen LogP contribution is 2.56. The van der Waals surface area contributed by atoms with Gasteiger partial charge in [0.05, 0.1) is 35.2 Å². The van der Waals surface area contributed by atoms with Crippen LogP contribution in [0.1, 0.15) is 49.9 Å². The van der Waals surface area contributed by atoms with E-state index in [2.05, 4.69) is 10.4 Å². The average Bonchev–Trinajstić information content (AvgIpc) is 3.28. The molecule has 8 heteroatoms. The van der Waals surface area contributed by atoms with Crippen LogP contribution in [0.4, 0.5) is 0 Å². The number of nitrogens with zero attached hydrogens (tertiary/aromatic N) is 2. The lowest BCUT2D eigenvalue weighted by Gasteiger charge is -2.57. The number of ether oxygens (including phenoxy) is 2. The molecule has 0 saturated heterocycles. The van der Waals surface area contributed by atoms with Crippen LogP contribution < -0.4 is 14.8 Å². The van der Waals surface area contributed by atoms with Crippen LogP contribution in [0.5, 0.6) is 17.2 Å². The maximum absolute atomic E-state index is 13.0. The Hall–Kier alpha value is -4.04. The Kier molecular flexibility index (Phi) is 6.22. The van der Waals surface area contributed by atoms with Crippen molar-refractivity contribution in [3.63, 3.8) is 0 Å². The molecule has 39 heavy (non-hydrogen) atoms. The number of nitrogens with one attached hydrogen (secondary N) is 1. The lowest BCUT2D eigenvalue weighted by atomic mass is 9.53. The Morgan fingerprint density at radius 1 is 1.05 bits per heavy atom. The molecule has 202 valence electrons. The molecule has 2 fully saturated rings. The van der Waals surface area contributed by atoms with E-state index in [-0.39, 0.29) is 35.8 Å². The maximum atomic E-state index is 13.0. The number of carbonyl (C=O) groups is 1. The minimum atomic E-state index is -0.933. The third-order valence-electron chi connectivity index (χ3n) is 7.68. The van der Waals surface area contributed by atoms with Gasteiger partial charge in [0.1, 0.15) is 23.9 Å². The minimum absolute atomic E-state index is 0.117. The number of fused-ring (bicyclic) bond motifs is 1. The Balaban J connectivity index is 0.978. The molecule has 0 atom stereocenters. The first-order valence-corrected chi connectivity index (χ1v) is 13.3. The summed E-state index contributed by atoms with van der Waals surface area (Å²) in [6.45, 7) is 3.53. The van der Waals surface area contributed by atoms with Gasteiger partial charge in [0, 0.05) is 6.04 Å². The first-order chi connectivity index (χ1) is 18.6. The number of rotatable bonds is 8. The van der Waals surface area contributed by atoms with Crippen molar-refractivity contribution in [1.29, 1.82) is 0 Å². The molecule has 2 saturated carbocycles. The van der Waals surface area contributed by atoms with Crippen LogP contribution in [0.3, 0.4) is 0 Å². The average molecular weight is 528 g/mol. The predicted octanol–water partition coefficient (Wildman–Crippen LogP) is 4.98. The normalized spacial score (nSPS) is 22.2. The van der Waals surface area contributed by atoms with Crippen molar-refractivity contribution in [2.45, 2.75) is 57.3 Å². The lowest BCUT2D eigenvalue weighted by Crippen LogP contribution is -2.58. The topological polar surface area (TPSA) is 105 Å². The molecule has 3 N–H and O–H groups in total. The van der Waals surface area contributed by atoms with Crippen molar-refractivity contribution < 1.29 is 24.5 Å².